The van der Waals surface area contributed by atoms with E-state index in [2.05, 4.69) is 37.9 Å². The van der Waals surface area contributed by atoms with E-state index in [4.69, 9.17) is 0 Å². The number of nitrogens with zero attached hydrogens (tertiary/aromatic N) is 4. The van der Waals surface area contributed by atoms with Gasteiger partial charge in [0.1, 0.15) is 6.54 Å². The molecule has 1 aliphatic rings. The summed E-state index contributed by atoms with van der Waals surface area (Å²) in [5.74, 6) is 0.688. The molecule has 2 heterocycles. The Balaban J connectivity index is 1.42. The van der Waals surface area contributed by atoms with Gasteiger partial charge < -0.3 is 16.0 Å². The molecule has 1 atom stereocenters. The summed E-state index contributed by atoms with van der Waals surface area (Å²) in [6.07, 6.45) is 8.63. The Bertz CT molecular complexity index is 834. The van der Waals surface area contributed by atoms with Crippen molar-refractivity contribution in [3.05, 3.63) is 48.3 Å². The van der Waals surface area contributed by atoms with E-state index < -0.39 is 0 Å². The van der Waals surface area contributed by atoms with Gasteiger partial charge in [-0.25, -0.2) is 0 Å². The number of rotatable bonds is 9. The fourth-order valence-corrected chi connectivity index (χ4v) is 4.04. The van der Waals surface area contributed by atoms with Crippen molar-refractivity contribution in [2.45, 2.75) is 51.7 Å². The zero-order valence-corrected chi connectivity index (χ0v) is 18.7. The second kappa shape index (κ2) is 12.1. The molecule has 0 aliphatic carbocycles. The highest BCUT2D eigenvalue weighted by Crippen LogP contribution is 2.18. The SMILES string of the molecule is CCC1CCCCN1CCNC(=NC)NCc1cccc(NC(=O)Cn2cccn2)c1. The van der Waals surface area contributed by atoms with Gasteiger partial charge in [-0.3, -0.25) is 19.4 Å². The molecule has 1 fully saturated rings. The molecular formula is C23H35N7O. The van der Waals surface area contributed by atoms with Crippen LogP contribution in [0.4, 0.5) is 5.69 Å². The van der Waals surface area contributed by atoms with Crippen molar-refractivity contribution in [2.24, 2.45) is 4.99 Å². The van der Waals surface area contributed by atoms with E-state index in [0.29, 0.717) is 6.54 Å². The number of benzene rings is 1. The first-order chi connectivity index (χ1) is 15.2. The summed E-state index contributed by atoms with van der Waals surface area (Å²) >= 11 is 0. The average molecular weight is 426 g/mol. The molecule has 8 heteroatoms. The van der Waals surface area contributed by atoms with Crippen LogP contribution >= 0.6 is 0 Å². The summed E-state index contributed by atoms with van der Waals surface area (Å²) in [4.78, 5) is 19.1. The molecule has 1 aliphatic heterocycles. The van der Waals surface area contributed by atoms with Crippen LogP contribution in [0.15, 0.2) is 47.7 Å². The number of amides is 1. The highest BCUT2D eigenvalue weighted by molar-refractivity contribution is 5.90. The molecule has 0 saturated carbocycles. The third-order valence-electron chi connectivity index (χ3n) is 5.67. The maximum Gasteiger partial charge on any atom is 0.246 e. The Morgan fingerprint density at radius 1 is 1.26 bits per heavy atom. The highest BCUT2D eigenvalue weighted by atomic mass is 16.2. The van der Waals surface area contributed by atoms with E-state index in [0.717, 1.165) is 36.3 Å². The third-order valence-corrected chi connectivity index (χ3v) is 5.67. The third kappa shape index (κ3) is 7.40. The Kier molecular flexibility index (Phi) is 8.90. The topological polar surface area (TPSA) is 86.6 Å². The highest BCUT2D eigenvalue weighted by Gasteiger charge is 2.19. The summed E-state index contributed by atoms with van der Waals surface area (Å²) < 4.78 is 1.60. The molecule has 2 aromatic rings. The maximum atomic E-state index is 12.2. The van der Waals surface area contributed by atoms with Gasteiger partial charge in [-0.1, -0.05) is 25.5 Å². The first-order valence-electron chi connectivity index (χ1n) is 11.2. The molecule has 31 heavy (non-hydrogen) atoms. The molecule has 1 unspecified atom stereocenters. The van der Waals surface area contributed by atoms with Crippen molar-refractivity contribution < 1.29 is 4.79 Å². The number of hydrogen-bond donors (Lipinski definition) is 3. The number of aromatic nitrogens is 2. The Morgan fingerprint density at radius 2 is 2.16 bits per heavy atom. The Labute approximate surface area is 185 Å². The van der Waals surface area contributed by atoms with Crippen LogP contribution in [0.25, 0.3) is 0 Å². The number of likely N-dealkylation sites (tertiary alicyclic amines) is 1. The minimum Gasteiger partial charge on any atom is -0.355 e. The van der Waals surface area contributed by atoms with Gasteiger partial charge in [0.15, 0.2) is 5.96 Å². The van der Waals surface area contributed by atoms with E-state index >= 15 is 0 Å². The lowest BCUT2D eigenvalue weighted by Crippen LogP contribution is -2.45. The molecule has 0 spiro atoms. The molecule has 1 aromatic carbocycles. The quantitative estimate of drug-likeness (QED) is 0.424. The van der Waals surface area contributed by atoms with E-state index in [-0.39, 0.29) is 12.5 Å². The second-order valence-electron chi connectivity index (χ2n) is 7.90. The van der Waals surface area contributed by atoms with Gasteiger partial charge in [0.05, 0.1) is 0 Å². The van der Waals surface area contributed by atoms with Crippen molar-refractivity contribution in [1.29, 1.82) is 0 Å². The molecule has 3 N–H and O–H groups in total. The normalized spacial score (nSPS) is 17.4. The van der Waals surface area contributed by atoms with E-state index in [1.54, 1.807) is 30.2 Å². The number of carbonyl (C=O) groups excluding carboxylic acids is 1. The summed E-state index contributed by atoms with van der Waals surface area (Å²) in [6.45, 7) is 6.22. The van der Waals surface area contributed by atoms with Crippen molar-refractivity contribution in [1.82, 2.24) is 25.3 Å². The zero-order valence-electron chi connectivity index (χ0n) is 18.7. The van der Waals surface area contributed by atoms with E-state index in [9.17, 15) is 4.79 Å². The van der Waals surface area contributed by atoms with Crippen LogP contribution < -0.4 is 16.0 Å². The Morgan fingerprint density at radius 3 is 2.94 bits per heavy atom. The van der Waals surface area contributed by atoms with Crippen molar-refractivity contribution in [3.8, 4) is 0 Å². The van der Waals surface area contributed by atoms with E-state index in [1.165, 1.54) is 32.2 Å². The van der Waals surface area contributed by atoms with Gasteiger partial charge in [0.2, 0.25) is 5.91 Å². The summed E-state index contributed by atoms with van der Waals surface area (Å²) in [5.41, 5.74) is 1.84. The van der Waals surface area contributed by atoms with Crippen LogP contribution in [0.1, 0.15) is 38.2 Å². The summed E-state index contributed by atoms with van der Waals surface area (Å²) in [5, 5.41) is 13.8. The van der Waals surface area contributed by atoms with Crippen LogP contribution in [0.2, 0.25) is 0 Å². The van der Waals surface area contributed by atoms with Gasteiger partial charge >= 0.3 is 0 Å². The van der Waals surface area contributed by atoms with Crippen LogP contribution in [0.3, 0.4) is 0 Å². The predicted molar refractivity (Wildman–Crippen MR) is 125 cm³/mol. The molecule has 1 amide bonds. The maximum absolute atomic E-state index is 12.2. The molecule has 0 radical (unpaired) electrons. The first-order valence-corrected chi connectivity index (χ1v) is 11.2. The number of guanidine groups is 1. The smallest absolute Gasteiger partial charge is 0.246 e. The van der Waals surface area contributed by atoms with Crippen molar-refractivity contribution >= 4 is 17.6 Å². The van der Waals surface area contributed by atoms with Crippen molar-refractivity contribution in [2.75, 3.05) is 32.0 Å². The van der Waals surface area contributed by atoms with Gasteiger partial charge in [-0.2, -0.15) is 5.10 Å². The molecule has 168 valence electrons. The fourth-order valence-electron chi connectivity index (χ4n) is 4.04. The monoisotopic (exact) mass is 425 g/mol. The largest absolute Gasteiger partial charge is 0.355 e. The van der Waals surface area contributed by atoms with Gasteiger partial charge in [0, 0.05) is 50.8 Å². The predicted octanol–water partition coefficient (Wildman–Crippen LogP) is 2.45. The number of aliphatic imine (C=N–C) groups is 1. The number of nitrogens with one attached hydrogen (secondary N) is 3. The molecular weight excluding hydrogens is 390 g/mol. The molecule has 8 nitrogen and oxygen atoms in total. The molecule has 1 saturated heterocycles. The molecule has 1 aromatic heterocycles. The lowest BCUT2D eigenvalue weighted by Gasteiger charge is -2.35. The molecule has 3 rings (SSSR count). The van der Waals surface area contributed by atoms with E-state index in [1.807, 2.05) is 24.3 Å². The Hall–Kier alpha value is -2.87. The second-order valence-corrected chi connectivity index (χ2v) is 7.90. The van der Waals surface area contributed by atoms with Gasteiger partial charge in [-0.05, 0) is 49.6 Å². The number of piperidine rings is 1. The van der Waals surface area contributed by atoms with Gasteiger partial charge in [-0.15, -0.1) is 0 Å². The van der Waals surface area contributed by atoms with Crippen molar-refractivity contribution in [3.63, 3.8) is 0 Å². The first kappa shape index (κ1) is 22.8. The van der Waals surface area contributed by atoms with Gasteiger partial charge in [0.25, 0.3) is 0 Å². The lowest BCUT2D eigenvalue weighted by atomic mass is 10.0. The standard InChI is InChI=1S/C23H35N7O/c1-3-21-10-4-5-13-29(21)15-12-25-23(24-2)26-17-19-8-6-9-20(16-19)28-22(31)18-30-14-7-11-27-30/h6-9,11,14,16,21H,3-5,10,12-13,15,17-18H2,1-2H3,(H,28,31)(H2,24,25,26). The molecule has 0 bridgehead atoms. The number of anilines is 1. The minimum atomic E-state index is -0.102. The van der Waals surface area contributed by atoms with Crippen LogP contribution in [-0.4, -0.2) is 59.3 Å². The minimum absolute atomic E-state index is 0.102. The van der Waals surface area contributed by atoms with Crippen LogP contribution in [0.5, 0.6) is 0 Å². The zero-order chi connectivity index (χ0) is 21.9. The number of hydrogen-bond acceptors (Lipinski definition) is 4. The average Bonchev–Trinajstić information content (AvgIpc) is 3.29. The van der Waals surface area contributed by atoms with Crippen LogP contribution in [-0.2, 0) is 17.9 Å². The lowest BCUT2D eigenvalue weighted by molar-refractivity contribution is -0.116. The van der Waals surface area contributed by atoms with Crippen LogP contribution in [0, 0.1) is 0 Å². The summed E-state index contributed by atoms with van der Waals surface area (Å²) in [7, 11) is 1.79. The summed E-state index contributed by atoms with van der Waals surface area (Å²) in [6, 6.07) is 10.4. The fraction of sp³-hybridized carbons (Fsp3) is 0.522. The number of carbonyl (C=O) groups is 1.